The topological polar surface area (TPSA) is 29.4 Å². The predicted octanol–water partition coefficient (Wildman–Crippen LogP) is 7.64. The van der Waals surface area contributed by atoms with Gasteiger partial charge in [-0.2, -0.15) is 0 Å². The number of carbonyl (C=O) groups is 1. The molecule has 6 rings (SSSR count). The van der Waals surface area contributed by atoms with Crippen LogP contribution in [0.4, 0.5) is 0 Å². The minimum atomic E-state index is 0.232. The van der Waals surface area contributed by atoms with Crippen LogP contribution in [-0.2, 0) is 18.3 Å². The van der Waals surface area contributed by atoms with E-state index in [1.54, 1.807) is 0 Å². The molecule has 2 nitrogen and oxygen atoms in total. The number of benzene rings is 2. The van der Waals surface area contributed by atoms with Gasteiger partial charge in [0.05, 0.1) is 6.54 Å². The number of hydrogen-bond donors (Lipinski definition) is 0. The van der Waals surface area contributed by atoms with Crippen molar-refractivity contribution in [3.05, 3.63) is 76.4 Å². The van der Waals surface area contributed by atoms with Crippen LogP contribution in [0.1, 0.15) is 91.4 Å². The van der Waals surface area contributed by atoms with Gasteiger partial charge in [-0.05, 0) is 102 Å². The Morgan fingerprint density at radius 1 is 1.09 bits per heavy atom. The lowest BCUT2D eigenvalue weighted by atomic mass is 9.51. The minimum absolute atomic E-state index is 0.232. The number of allylic oxidation sites excluding steroid dienone is 1. The molecule has 2 saturated carbocycles. The molecule has 0 radical (unpaired) electrons. The van der Waals surface area contributed by atoms with Crippen molar-refractivity contribution in [1.29, 1.82) is 0 Å². The molecule has 1 aliphatic heterocycles. The van der Waals surface area contributed by atoms with Crippen molar-refractivity contribution >= 4 is 17.6 Å². The second-order valence-electron chi connectivity index (χ2n) is 12.1. The number of ketones is 1. The largest absolute Gasteiger partial charge is 0.294 e. The third-order valence-corrected chi connectivity index (χ3v) is 9.93. The lowest BCUT2D eigenvalue weighted by Gasteiger charge is -2.53. The second-order valence-corrected chi connectivity index (χ2v) is 12.1. The maximum atomic E-state index is 13.2. The molecule has 1 heterocycles. The molecule has 2 aromatic carbocycles. The van der Waals surface area contributed by atoms with Gasteiger partial charge in [-0.1, -0.05) is 69.2 Å². The molecule has 2 fully saturated rings. The van der Waals surface area contributed by atoms with Gasteiger partial charge in [0.15, 0.2) is 5.78 Å². The maximum Gasteiger partial charge on any atom is 0.162 e. The summed E-state index contributed by atoms with van der Waals surface area (Å²) in [4.78, 5) is 17.4. The average Bonchev–Trinajstić information content (AvgIpc) is 3.52. The Kier molecular flexibility index (Phi) is 6.03. The van der Waals surface area contributed by atoms with Gasteiger partial charge in [0.2, 0.25) is 0 Å². The summed E-state index contributed by atoms with van der Waals surface area (Å²) in [6, 6.07) is 15.5. The Balaban J connectivity index is 1.10. The van der Waals surface area contributed by atoms with Crippen molar-refractivity contribution in [2.45, 2.75) is 77.0 Å². The van der Waals surface area contributed by atoms with E-state index in [1.165, 1.54) is 66.4 Å². The first-order chi connectivity index (χ1) is 17.0. The lowest BCUT2D eigenvalue weighted by Crippen LogP contribution is -2.48. The summed E-state index contributed by atoms with van der Waals surface area (Å²) in [6.07, 6.45) is 14.9. The van der Waals surface area contributed by atoms with Gasteiger partial charge < -0.3 is 0 Å². The molecule has 0 aromatic heterocycles. The zero-order chi connectivity index (χ0) is 24.0. The van der Waals surface area contributed by atoms with E-state index in [2.05, 4.69) is 67.4 Å². The predicted molar refractivity (Wildman–Crippen MR) is 145 cm³/mol. The third kappa shape index (κ3) is 4.46. The number of nitrogens with zero attached hydrogens (tertiary/aromatic N) is 1. The van der Waals surface area contributed by atoms with E-state index in [1.807, 2.05) is 6.21 Å². The Bertz CT molecular complexity index is 1170. The summed E-state index contributed by atoms with van der Waals surface area (Å²) in [5.41, 5.74) is 7.91. The van der Waals surface area contributed by atoms with Gasteiger partial charge in [0.25, 0.3) is 0 Å². The molecule has 0 amide bonds. The molecule has 35 heavy (non-hydrogen) atoms. The number of aryl methyl sites for hydroxylation is 1. The summed E-state index contributed by atoms with van der Waals surface area (Å²) in [6.45, 7) is 5.78. The van der Waals surface area contributed by atoms with E-state index in [9.17, 15) is 4.79 Å². The number of carbonyl (C=O) groups excluding carboxylic acids is 1. The SMILES string of the molecule is C[C@H]1C2Cc3ccc(C(=O)CCCc4ccc(C5=CCN=C5)cc4)cc3[C@@]1(C)CC[C@H]2CC1CC1. The Labute approximate surface area is 210 Å². The van der Waals surface area contributed by atoms with Crippen LogP contribution >= 0.6 is 0 Å². The van der Waals surface area contributed by atoms with Crippen LogP contribution in [0.2, 0.25) is 0 Å². The summed E-state index contributed by atoms with van der Waals surface area (Å²) < 4.78 is 0. The Morgan fingerprint density at radius 3 is 2.66 bits per heavy atom. The van der Waals surface area contributed by atoms with Crippen LogP contribution in [0.25, 0.3) is 5.57 Å². The summed E-state index contributed by atoms with van der Waals surface area (Å²) >= 11 is 0. The van der Waals surface area contributed by atoms with Crippen molar-refractivity contribution < 1.29 is 4.79 Å². The molecule has 0 saturated heterocycles. The fourth-order valence-corrected chi connectivity index (χ4v) is 7.33. The Hall–Kier alpha value is -2.48. The summed E-state index contributed by atoms with van der Waals surface area (Å²) in [5, 5.41) is 0. The van der Waals surface area contributed by atoms with Crippen molar-refractivity contribution in [1.82, 2.24) is 0 Å². The first-order valence-corrected chi connectivity index (χ1v) is 14.0. The van der Waals surface area contributed by atoms with E-state index in [4.69, 9.17) is 0 Å². The van der Waals surface area contributed by atoms with E-state index in [0.29, 0.717) is 18.1 Å². The van der Waals surface area contributed by atoms with E-state index in [0.717, 1.165) is 42.7 Å². The van der Waals surface area contributed by atoms with E-state index >= 15 is 0 Å². The molecule has 0 N–H and O–H groups in total. The van der Waals surface area contributed by atoms with Gasteiger partial charge in [-0.25, -0.2) is 0 Å². The number of aliphatic imine (C=N–C) groups is 1. The molecule has 0 spiro atoms. The molecule has 2 aromatic rings. The first kappa shape index (κ1) is 23.0. The van der Waals surface area contributed by atoms with Crippen LogP contribution < -0.4 is 0 Å². The third-order valence-electron chi connectivity index (χ3n) is 9.93. The van der Waals surface area contributed by atoms with Crippen molar-refractivity contribution in [3.63, 3.8) is 0 Å². The van der Waals surface area contributed by atoms with Gasteiger partial charge in [-0.15, -0.1) is 0 Å². The van der Waals surface area contributed by atoms with Crippen LogP contribution in [0.3, 0.4) is 0 Å². The Morgan fingerprint density at radius 2 is 1.91 bits per heavy atom. The number of hydrogen-bond acceptors (Lipinski definition) is 2. The molecule has 1 unspecified atom stereocenters. The minimum Gasteiger partial charge on any atom is -0.294 e. The molecule has 182 valence electrons. The van der Waals surface area contributed by atoms with Crippen molar-refractivity contribution in [2.75, 3.05) is 6.54 Å². The standard InChI is InChI=1S/C33H39NO/c1-22-30-19-27-12-13-28(20-31(27)33(22,2)16-14-26(30)18-24-6-7-24)32(35)5-3-4-23-8-10-25(11-9-23)29-15-17-34-21-29/h8-13,15,20-22,24,26,30H,3-7,14,16-19H2,1-2H3/t22-,26-,30?,33-/m0/s1. The smallest absolute Gasteiger partial charge is 0.162 e. The fourth-order valence-electron chi connectivity index (χ4n) is 7.33. The second kappa shape index (κ2) is 9.19. The average molecular weight is 466 g/mol. The van der Waals surface area contributed by atoms with Crippen molar-refractivity contribution in [2.24, 2.45) is 28.7 Å². The maximum absolute atomic E-state index is 13.2. The van der Waals surface area contributed by atoms with Gasteiger partial charge in [-0.3, -0.25) is 9.79 Å². The molecular formula is C33H39NO. The fraction of sp³-hybridized carbons (Fsp3) is 0.515. The van der Waals surface area contributed by atoms with Crippen molar-refractivity contribution in [3.8, 4) is 0 Å². The molecule has 4 aliphatic rings. The summed E-state index contributed by atoms with van der Waals surface area (Å²) in [5.74, 6) is 3.78. The zero-order valence-electron chi connectivity index (χ0n) is 21.4. The van der Waals surface area contributed by atoms with Crippen LogP contribution in [0.15, 0.2) is 53.5 Å². The first-order valence-electron chi connectivity index (χ1n) is 14.0. The van der Waals surface area contributed by atoms with E-state index < -0.39 is 0 Å². The van der Waals surface area contributed by atoms with Crippen LogP contribution in [0, 0.1) is 23.7 Å². The van der Waals surface area contributed by atoms with Gasteiger partial charge in [0, 0.05) is 18.2 Å². The normalized spacial score (nSPS) is 29.1. The monoisotopic (exact) mass is 465 g/mol. The van der Waals surface area contributed by atoms with Crippen LogP contribution in [-0.4, -0.2) is 18.5 Å². The number of fused-ring (bicyclic) bond motifs is 4. The molecule has 4 atom stereocenters. The highest BCUT2D eigenvalue weighted by atomic mass is 16.1. The molecular weight excluding hydrogens is 426 g/mol. The quantitative estimate of drug-likeness (QED) is 0.368. The highest BCUT2D eigenvalue weighted by Gasteiger charge is 2.49. The van der Waals surface area contributed by atoms with E-state index in [-0.39, 0.29) is 5.41 Å². The lowest BCUT2D eigenvalue weighted by molar-refractivity contribution is 0.0594. The van der Waals surface area contributed by atoms with Gasteiger partial charge in [0.1, 0.15) is 0 Å². The molecule has 2 heteroatoms. The zero-order valence-corrected chi connectivity index (χ0v) is 21.4. The molecule has 2 bridgehead atoms. The summed E-state index contributed by atoms with van der Waals surface area (Å²) in [7, 11) is 0. The number of rotatable bonds is 8. The highest BCUT2D eigenvalue weighted by molar-refractivity contribution is 6.11. The van der Waals surface area contributed by atoms with Crippen LogP contribution in [0.5, 0.6) is 0 Å². The number of Topliss-reactive ketones (excluding diaryl/α,β-unsaturated/α-hetero) is 1. The highest BCUT2D eigenvalue weighted by Crippen LogP contribution is 2.56. The molecule has 3 aliphatic carbocycles. The van der Waals surface area contributed by atoms with Gasteiger partial charge >= 0.3 is 0 Å².